The van der Waals surface area contributed by atoms with Gasteiger partial charge in [-0.05, 0) is 18.9 Å². The van der Waals surface area contributed by atoms with Crippen LogP contribution in [0.5, 0.6) is 0 Å². The van der Waals surface area contributed by atoms with Crippen molar-refractivity contribution in [2.75, 3.05) is 19.3 Å². The third kappa shape index (κ3) is 3.14. The van der Waals surface area contributed by atoms with Gasteiger partial charge in [-0.1, -0.05) is 0 Å². The summed E-state index contributed by atoms with van der Waals surface area (Å²) in [5, 5.41) is 10.8. The van der Waals surface area contributed by atoms with Gasteiger partial charge >= 0.3 is 0 Å². The number of rotatable bonds is 3. The summed E-state index contributed by atoms with van der Waals surface area (Å²) in [6, 6.07) is 1.68. The maximum absolute atomic E-state index is 12.5. The van der Waals surface area contributed by atoms with E-state index in [9.17, 15) is 13.2 Å². The summed E-state index contributed by atoms with van der Waals surface area (Å²) < 4.78 is 25.3. The number of amides is 1. The van der Waals surface area contributed by atoms with E-state index in [0.717, 1.165) is 12.8 Å². The number of aromatic amines is 1. The average molecular weight is 337 g/mol. The monoisotopic (exact) mass is 337 g/mol. The van der Waals surface area contributed by atoms with Gasteiger partial charge in [0.2, 0.25) is 0 Å². The smallest absolute Gasteiger partial charge is 0.274 e. The van der Waals surface area contributed by atoms with Gasteiger partial charge < -0.3 is 4.90 Å². The molecule has 9 heteroatoms. The molecule has 124 valence electrons. The molecule has 0 radical (unpaired) electrons. The van der Waals surface area contributed by atoms with Crippen molar-refractivity contribution in [1.29, 1.82) is 0 Å². The van der Waals surface area contributed by atoms with Crippen molar-refractivity contribution in [2.24, 2.45) is 7.05 Å². The van der Waals surface area contributed by atoms with Gasteiger partial charge in [-0.3, -0.25) is 14.6 Å². The Labute approximate surface area is 134 Å². The van der Waals surface area contributed by atoms with Crippen LogP contribution in [0.4, 0.5) is 0 Å². The van der Waals surface area contributed by atoms with Crippen LogP contribution < -0.4 is 0 Å². The number of aryl methyl sites for hydroxylation is 1. The number of nitrogens with one attached hydrogen (secondary N) is 1. The lowest BCUT2D eigenvalue weighted by molar-refractivity contribution is 0.0698. The molecule has 0 aliphatic carbocycles. The minimum absolute atomic E-state index is 0.0661. The van der Waals surface area contributed by atoms with Crippen molar-refractivity contribution in [1.82, 2.24) is 24.9 Å². The van der Waals surface area contributed by atoms with Crippen LogP contribution in [0, 0.1) is 0 Å². The molecule has 0 saturated carbocycles. The molecule has 8 nitrogen and oxygen atoms in total. The topological polar surface area (TPSA) is 101 Å². The fourth-order valence-electron chi connectivity index (χ4n) is 2.96. The van der Waals surface area contributed by atoms with Crippen molar-refractivity contribution >= 4 is 15.7 Å². The molecule has 1 atom stereocenters. The van der Waals surface area contributed by atoms with Gasteiger partial charge in [0.1, 0.15) is 10.6 Å². The Balaban J connectivity index is 1.82. The first kappa shape index (κ1) is 15.7. The molecule has 1 amide bonds. The number of carbonyl (C=O) groups excluding carboxylic acids is 1. The number of carbonyl (C=O) groups is 1. The van der Waals surface area contributed by atoms with Gasteiger partial charge in [0.15, 0.2) is 9.84 Å². The van der Waals surface area contributed by atoms with E-state index in [2.05, 4.69) is 15.3 Å². The van der Waals surface area contributed by atoms with Crippen molar-refractivity contribution in [3.63, 3.8) is 0 Å². The second-order valence-electron chi connectivity index (χ2n) is 5.89. The number of hydrogen-bond acceptors (Lipinski definition) is 5. The Morgan fingerprint density at radius 1 is 1.43 bits per heavy atom. The predicted octanol–water partition coefficient (Wildman–Crippen LogP) is 0.567. The minimum Gasteiger partial charge on any atom is -0.337 e. The lowest BCUT2D eigenvalue weighted by atomic mass is 9.94. The maximum atomic E-state index is 12.5. The second kappa shape index (κ2) is 5.80. The number of H-pyrrole nitrogens is 1. The first-order chi connectivity index (χ1) is 10.9. The van der Waals surface area contributed by atoms with Gasteiger partial charge in [-0.15, -0.1) is 0 Å². The molecule has 1 N–H and O–H groups in total. The normalized spacial score (nSPS) is 19.0. The number of sulfone groups is 1. The molecule has 0 spiro atoms. The molecule has 2 aromatic heterocycles. The molecule has 0 bridgehead atoms. The van der Waals surface area contributed by atoms with Crippen LogP contribution in [0.15, 0.2) is 23.4 Å². The highest BCUT2D eigenvalue weighted by molar-refractivity contribution is 7.90. The summed E-state index contributed by atoms with van der Waals surface area (Å²) in [6.45, 7) is 1.11. The van der Waals surface area contributed by atoms with E-state index in [1.165, 1.54) is 12.5 Å². The first-order valence-corrected chi connectivity index (χ1v) is 9.27. The van der Waals surface area contributed by atoms with Gasteiger partial charge in [-0.2, -0.15) is 10.2 Å². The molecule has 0 unspecified atom stereocenters. The van der Waals surface area contributed by atoms with E-state index in [0.29, 0.717) is 24.5 Å². The maximum Gasteiger partial charge on any atom is 0.274 e. The molecule has 1 saturated heterocycles. The first-order valence-electron chi connectivity index (χ1n) is 7.38. The van der Waals surface area contributed by atoms with Crippen LogP contribution in [0.3, 0.4) is 0 Å². The summed E-state index contributed by atoms with van der Waals surface area (Å²) in [6.07, 6.45) is 5.86. The third-order valence-electron chi connectivity index (χ3n) is 4.08. The van der Waals surface area contributed by atoms with E-state index in [1.807, 2.05) is 0 Å². The number of aromatic nitrogens is 4. The third-order valence-corrected chi connectivity index (χ3v) is 5.21. The largest absolute Gasteiger partial charge is 0.337 e. The van der Waals surface area contributed by atoms with Crippen molar-refractivity contribution in [3.05, 3.63) is 29.8 Å². The molecule has 0 aromatic carbocycles. The van der Waals surface area contributed by atoms with E-state index in [4.69, 9.17) is 0 Å². The van der Waals surface area contributed by atoms with Gasteiger partial charge in [-0.25, -0.2) is 8.42 Å². The Morgan fingerprint density at radius 3 is 2.87 bits per heavy atom. The van der Waals surface area contributed by atoms with Crippen LogP contribution >= 0.6 is 0 Å². The van der Waals surface area contributed by atoms with Crippen LogP contribution in [0.1, 0.15) is 34.9 Å². The van der Waals surface area contributed by atoms with E-state index in [1.54, 1.807) is 28.9 Å². The molecule has 1 aliphatic rings. The number of piperidine rings is 1. The highest BCUT2D eigenvalue weighted by atomic mass is 32.2. The Kier molecular flexibility index (Phi) is 3.97. The molecule has 23 heavy (non-hydrogen) atoms. The fraction of sp³-hybridized carbons (Fsp3) is 0.500. The summed E-state index contributed by atoms with van der Waals surface area (Å²) >= 11 is 0. The lowest BCUT2D eigenvalue weighted by Gasteiger charge is -2.32. The Morgan fingerprint density at radius 2 is 2.22 bits per heavy atom. The van der Waals surface area contributed by atoms with E-state index >= 15 is 0 Å². The van der Waals surface area contributed by atoms with Crippen LogP contribution in [-0.2, 0) is 16.9 Å². The second-order valence-corrected chi connectivity index (χ2v) is 7.87. The molecular formula is C14H19N5O3S. The average Bonchev–Trinajstić information content (AvgIpc) is 3.15. The van der Waals surface area contributed by atoms with Crippen LogP contribution in [0.2, 0.25) is 0 Å². The van der Waals surface area contributed by atoms with Crippen molar-refractivity contribution in [3.8, 4) is 0 Å². The highest BCUT2D eigenvalue weighted by Crippen LogP contribution is 2.30. The quantitative estimate of drug-likeness (QED) is 0.882. The molecular weight excluding hydrogens is 318 g/mol. The Bertz CT molecular complexity index is 823. The Hall–Kier alpha value is -2.16. The highest BCUT2D eigenvalue weighted by Gasteiger charge is 2.30. The molecule has 1 fully saturated rings. The van der Waals surface area contributed by atoms with Crippen LogP contribution in [-0.4, -0.2) is 58.5 Å². The lowest BCUT2D eigenvalue weighted by Crippen LogP contribution is -2.39. The van der Waals surface area contributed by atoms with Gasteiger partial charge in [0, 0.05) is 38.5 Å². The summed E-state index contributed by atoms with van der Waals surface area (Å²) in [5.41, 5.74) is 0.993. The molecule has 1 aliphatic heterocycles. The zero-order valence-corrected chi connectivity index (χ0v) is 13.9. The number of likely N-dealkylation sites (tertiary alicyclic amines) is 1. The molecule has 3 rings (SSSR count). The fourth-order valence-corrected chi connectivity index (χ4v) is 3.82. The van der Waals surface area contributed by atoms with E-state index in [-0.39, 0.29) is 16.7 Å². The minimum atomic E-state index is -3.34. The van der Waals surface area contributed by atoms with Crippen molar-refractivity contribution < 1.29 is 13.2 Å². The van der Waals surface area contributed by atoms with Crippen molar-refractivity contribution in [2.45, 2.75) is 23.7 Å². The SMILES string of the molecule is Cn1ccc(C(=O)N2CCC[C@H](c3[nH]ncc3S(C)(=O)=O)C2)n1. The summed E-state index contributed by atoms with van der Waals surface area (Å²) in [7, 11) is -1.58. The zero-order chi connectivity index (χ0) is 16.6. The van der Waals surface area contributed by atoms with Crippen LogP contribution in [0.25, 0.3) is 0 Å². The zero-order valence-electron chi connectivity index (χ0n) is 13.1. The summed E-state index contributed by atoms with van der Waals surface area (Å²) in [4.78, 5) is 14.5. The number of nitrogens with zero attached hydrogens (tertiary/aromatic N) is 4. The van der Waals surface area contributed by atoms with E-state index < -0.39 is 9.84 Å². The van der Waals surface area contributed by atoms with Gasteiger partial charge in [0.25, 0.3) is 5.91 Å². The van der Waals surface area contributed by atoms with Gasteiger partial charge in [0.05, 0.1) is 11.9 Å². The number of hydrogen-bond donors (Lipinski definition) is 1. The molecule has 2 aromatic rings. The standard InChI is InChI=1S/C14H19N5O3S/c1-18-7-5-11(17-18)14(20)19-6-3-4-10(9-19)13-12(8-15-16-13)23(2,21)22/h5,7-8,10H,3-4,6,9H2,1-2H3,(H,15,16)/t10-/m0/s1. The molecule has 3 heterocycles. The summed E-state index contributed by atoms with van der Waals surface area (Å²) in [5.74, 6) is -0.195. The predicted molar refractivity (Wildman–Crippen MR) is 82.8 cm³/mol.